The van der Waals surface area contributed by atoms with E-state index in [4.69, 9.17) is 4.74 Å². The number of ether oxygens (including phenoxy) is 1. The fraction of sp³-hybridized carbons (Fsp3) is 1.00. The Labute approximate surface area is 105 Å². The summed E-state index contributed by atoms with van der Waals surface area (Å²) in [6.45, 7) is 6.61. The summed E-state index contributed by atoms with van der Waals surface area (Å²) >= 11 is 4.54. The van der Waals surface area contributed by atoms with E-state index in [1.165, 1.54) is 45.2 Å². The predicted molar refractivity (Wildman–Crippen MR) is 71.2 cm³/mol. The number of rotatable bonds is 5. The Balaban J connectivity index is 1.80. The van der Waals surface area contributed by atoms with Crippen LogP contribution in [-0.4, -0.2) is 43.0 Å². The van der Waals surface area contributed by atoms with Crippen molar-refractivity contribution >= 4 is 12.6 Å². The number of thiol groups is 1. The molecule has 0 aromatic rings. The molecule has 0 N–H and O–H groups in total. The molecule has 1 saturated heterocycles. The lowest BCUT2D eigenvalue weighted by Gasteiger charge is -2.46. The van der Waals surface area contributed by atoms with Crippen molar-refractivity contribution in [1.82, 2.24) is 4.90 Å². The van der Waals surface area contributed by atoms with Crippen molar-refractivity contribution in [1.29, 1.82) is 0 Å². The molecule has 1 saturated carbocycles. The van der Waals surface area contributed by atoms with Crippen molar-refractivity contribution in [3.8, 4) is 0 Å². The second kappa shape index (κ2) is 5.74. The standard InChI is InChI=1S/C13H25NOS/c1-2-15-12-5-3-8-14(9-12)10-13(11-16)6-4-7-13/h12,16H,2-11H2,1H3. The molecule has 1 heterocycles. The van der Waals surface area contributed by atoms with Crippen molar-refractivity contribution in [2.75, 3.05) is 32.0 Å². The van der Waals surface area contributed by atoms with Crippen LogP contribution in [0.15, 0.2) is 0 Å². The van der Waals surface area contributed by atoms with E-state index in [9.17, 15) is 0 Å². The lowest BCUT2D eigenvalue weighted by Crippen LogP contribution is -2.48. The lowest BCUT2D eigenvalue weighted by molar-refractivity contribution is -0.0145. The normalized spacial score (nSPS) is 30.0. The maximum atomic E-state index is 5.75. The molecule has 2 fully saturated rings. The summed E-state index contributed by atoms with van der Waals surface area (Å²) in [6, 6.07) is 0. The summed E-state index contributed by atoms with van der Waals surface area (Å²) < 4.78 is 5.75. The number of hydrogen-bond donors (Lipinski definition) is 1. The quantitative estimate of drug-likeness (QED) is 0.745. The van der Waals surface area contributed by atoms with Gasteiger partial charge in [0.2, 0.25) is 0 Å². The van der Waals surface area contributed by atoms with Crippen LogP contribution in [0, 0.1) is 5.41 Å². The third kappa shape index (κ3) is 2.93. The molecule has 3 heteroatoms. The van der Waals surface area contributed by atoms with E-state index in [-0.39, 0.29) is 0 Å². The van der Waals surface area contributed by atoms with Crippen molar-refractivity contribution in [3.05, 3.63) is 0 Å². The Hall–Kier alpha value is 0.270. The van der Waals surface area contributed by atoms with Gasteiger partial charge in [0.25, 0.3) is 0 Å². The Morgan fingerprint density at radius 3 is 2.75 bits per heavy atom. The second-order valence-electron chi connectivity index (χ2n) is 5.47. The first-order valence-electron chi connectivity index (χ1n) is 6.73. The zero-order valence-electron chi connectivity index (χ0n) is 10.5. The third-order valence-electron chi connectivity index (χ3n) is 4.17. The highest BCUT2D eigenvalue weighted by atomic mass is 32.1. The minimum atomic E-state index is 0.482. The van der Waals surface area contributed by atoms with Crippen LogP contribution in [-0.2, 0) is 4.74 Å². The molecule has 1 unspecified atom stereocenters. The van der Waals surface area contributed by atoms with Crippen LogP contribution in [0.5, 0.6) is 0 Å². The molecule has 0 spiro atoms. The minimum absolute atomic E-state index is 0.482. The highest BCUT2D eigenvalue weighted by Gasteiger charge is 2.38. The van der Waals surface area contributed by atoms with Gasteiger partial charge in [-0.2, -0.15) is 12.6 Å². The lowest BCUT2D eigenvalue weighted by atomic mass is 9.69. The average Bonchev–Trinajstić information content (AvgIpc) is 2.25. The molecule has 1 aliphatic carbocycles. The van der Waals surface area contributed by atoms with E-state index in [0.717, 1.165) is 18.9 Å². The number of piperidine rings is 1. The summed E-state index contributed by atoms with van der Waals surface area (Å²) in [5.41, 5.74) is 0.539. The van der Waals surface area contributed by atoms with Gasteiger partial charge in [-0.15, -0.1) is 0 Å². The van der Waals surface area contributed by atoms with E-state index in [0.29, 0.717) is 11.5 Å². The van der Waals surface area contributed by atoms with Gasteiger partial charge in [-0.1, -0.05) is 6.42 Å². The molecular weight excluding hydrogens is 218 g/mol. The average molecular weight is 243 g/mol. The summed E-state index contributed by atoms with van der Waals surface area (Å²) in [7, 11) is 0. The van der Waals surface area contributed by atoms with Crippen LogP contribution in [0.3, 0.4) is 0 Å². The zero-order chi connectivity index (χ0) is 11.4. The molecular formula is C13H25NOS. The maximum absolute atomic E-state index is 5.75. The molecule has 1 atom stereocenters. The minimum Gasteiger partial charge on any atom is -0.377 e. The second-order valence-corrected chi connectivity index (χ2v) is 5.78. The Morgan fingerprint density at radius 1 is 1.38 bits per heavy atom. The van der Waals surface area contributed by atoms with Gasteiger partial charge in [0.05, 0.1) is 6.10 Å². The van der Waals surface area contributed by atoms with E-state index in [1.807, 2.05) is 0 Å². The predicted octanol–water partition coefficient (Wildman–Crippen LogP) is 2.59. The van der Waals surface area contributed by atoms with Gasteiger partial charge in [0.15, 0.2) is 0 Å². The van der Waals surface area contributed by atoms with Crippen LogP contribution < -0.4 is 0 Å². The largest absolute Gasteiger partial charge is 0.377 e. The summed E-state index contributed by atoms with van der Waals surface area (Å²) in [5, 5.41) is 0. The highest BCUT2D eigenvalue weighted by Crippen LogP contribution is 2.42. The number of likely N-dealkylation sites (tertiary alicyclic amines) is 1. The van der Waals surface area contributed by atoms with Gasteiger partial charge in [0, 0.05) is 19.7 Å². The molecule has 0 aromatic carbocycles. The topological polar surface area (TPSA) is 12.5 Å². The van der Waals surface area contributed by atoms with E-state index in [1.54, 1.807) is 0 Å². The van der Waals surface area contributed by atoms with Gasteiger partial charge in [-0.3, -0.25) is 0 Å². The molecule has 0 aromatic heterocycles. The molecule has 0 bridgehead atoms. The van der Waals surface area contributed by atoms with Gasteiger partial charge >= 0.3 is 0 Å². The van der Waals surface area contributed by atoms with Gasteiger partial charge in [0.1, 0.15) is 0 Å². The zero-order valence-corrected chi connectivity index (χ0v) is 11.3. The Bertz CT molecular complexity index is 210. The molecule has 0 radical (unpaired) electrons. The van der Waals surface area contributed by atoms with E-state index in [2.05, 4.69) is 24.5 Å². The summed E-state index contributed by atoms with van der Waals surface area (Å²) in [6.07, 6.45) is 7.20. The van der Waals surface area contributed by atoms with Crippen molar-refractivity contribution in [3.63, 3.8) is 0 Å². The summed E-state index contributed by atoms with van der Waals surface area (Å²) in [4.78, 5) is 2.61. The maximum Gasteiger partial charge on any atom is 0.0702 e. The molecule has 2 nitrogen and oxygen atoms in total. The van der Waals surface area contributed by atoms with Crippen LogP contribution in [0.1, 0.15) is 39.0 Å². The van der Waals surface area contributed by atoms with Crippen LogP contribution >= 0.6 is 12.6 Å². The molecule has 16 heavy (non-hydrogen) atoms. The SMILES string of the molecule is CCOC1CCCN(CC2(CS)CCC2)C1. The molecule has 2 aliphatic rings. The fourth-order valence-electron chi connectivity index (χ4n) is 3.05. The van der Waals surface area contributed by atoms with Crippen LogP contribution in [0.2, 0.25) is 0 Å². The third-order valence-corrected chi connectivity index (χ3v) is 4.84. The first-order chi connectivity index (χ1) is 7.78. The molecule has 94 valence electrons. The fourth-order valence-corrected chi connectivity index (χ4v) is 3.46. The van der Waals surface area contributed by atoms with Crippen molar-refractivity contribution < 1.29 is 4.74 Å². The molecule has 1 aliphatic heterocycles. The first-order valence-corrected chi connectivity index (χ1v) is 7.36. The van der Waals surface area contributed by atoms with Crippen LogP contribution in [0.4, 0.5) is 0 Å². The van der Waals surface area contributed by atoms with Gasteiger partial charge < -0.3 is 9.64 Å². The van der Waals surface area contributed by atoms with Crippen molar-refractivity contribution in [2.45, 2.75) is 45.1 Å². The Kier molecular flexibility index (Phi) is 4.57. The smallest absolute Gasteiger partial charge is 0.0702 e. The van der Waals surface area contributed by atoms with E-state index >= 15 is 0 Å². The van der Waals surface area contributed by atoms with E-state index < -0.39 is 0 Å². The first kappa shape index (κ1) is 12.7. The molecule has 0 amide bonds. The van der Waals surface area contributed by atoms with Gasteiger partial charge in [-0.05, 0) is 50.3 Å². The monoisotopic (exact) mass is 243 g/mol. The molecule has 2 rings (SSSR count). The highest BCUT2D eigenvalue weighted by molar-refractivity contribution is 7.80. The number of hydrogen-bond acceptors (Lipinski definition) is 3. The number of nitrogens with zero attached hydrogens (tertiary/aromatic N) is 1. The van der Waals surface area contributed by atoms with Gasteiger partial charge in [-0.25, -0.2) is 0 Å². The van der Waals surface area contributed by atoms with Crippen molar-refractivity contribution in [2.24, 2.45) is 5.41 Å². The Morgan fingerprint density at radius 2 is 2.19 bits per heavy atom. The van der Waals surface area contributed by atoms with Crippen LogP contribution in [0.25, 0.3) is 0 Å². The summed E-state index contributed by atoms with van der Waals surface area (Å²) in [5.74, 6) is 1.06.